The number of amides is 1. The van der Waals surface area contributed by atoms with Gasteiger partial charge in [-0.05, 0) is 42.7 Å². The van der Waals surface area contributed by atoms with Gasteiger partial charge in [0.25, 0.3) is 12.3 Å². The number of carbonyl (C=O) groups is 1. The van der Waals surface area contributed by atoms with Crippen molar-refractivity contribution in [1.29, 1.82) is 0 Å². The SMILES string of the molecule is Cc1cc(C(F)F)nc2sc(C(=O)NCCc3ccc(N4CCNCC4)cc3)c(N)c12. The van der Waals surface area contributed by atoms with Crippen LogP contribution in [0.3, 0.4) is 0 Å². The van der Waals surface area contributed by atoms with Crippen molar-refractivity contribution >= 4 is 38.8 Å². The average Bonchev–Trinajstić information content (AvgIpc) is 3.11. The average molecular weight is 446 g/mol. The minimum Gasteiger partial charge on any atom is -0.397 e. The van der Waals surface area contributed by atoms with Gasteiger partial charge in [-0.3, -0.25) is 4.79 Å². The summed E-state index contributed by atoms with van der Waals surface area (Å²) in [5.41, 5.74) is 9.07. The number of carbonyl (C=O) groups excluding carboxylic acids is 1. The van der Waals surface area contributed by atoms with Gasteiger partial charge < -0.3 is 21.3 Å². The number of hydrogen-bond acceptors (Lipinski definition) is 6. The summed E-state index contributed by atoms with van der Waals surface area (Å²) in [6, 6.07) is 9.71. The fourth-order valence-electron chi connectivity index (χ4n) is 3.81. The van der Waals surface area contributed by atoms with Gasteiger partial charge in [0.05, 0.1) is 5.69 Å². The Hall–Kier alpha value is -2.78. The van der Waals surface area contributed by atoms with Gasteiger partial charge in [-0.15, -0.1) is 11.3 Å². The number of halogens is 2. The van der Waals surface area contributed by atoms with Crippen LogP contribution < -0.4 is 21.3 Å². The summed E-state index contributed by atoms with van der Waals surface area (Å²) < 4.78 is 26.1. The summed E-state index contributed by atoms with van der Waals surface area (Å²) in [6.45, 7) is 6.14. The number of aromatic nitrogens is 1. The molecule has 4 N–H and O–H groups in total. The molecule has 4 rings (SSSR count). The lowest BCUT2D eigenvalue weighted by atomic mass is 10.1. The van der Waals surface area contributed by atoms with Gasteiger partial charge in [0.15, 0.2) is 0 Å². The highest BCUT2D eigenvalue weighted by atomic mass is 32.1. The second-order valence-corrected chi connectivity index (χ2v) is 8.60. The summed E-state index contributed by atoms with van der Waals surface area (Å²) in [4.78, 5) is 19.6. The van der Waals surface area contributed by atoms with Crippen LogP contribution in [0.4, 0.5) is 20.2 Å². The van der Waals surface area contributed by atoms with E-state index in [1.165, 1.54) is 11.8 Å². The fourth-order valence-corrected chi connectivity index (χ4v) is 4.91. The van der Waals surface area contributed by atoms with Crippen molar-refractivity contribution < 1.29 is 13.6 Å². The third-order valence-corrected chi connectivity index (χ3v) is 6.56. The monoisotopic (exact) mass is 445 g/mol. The topological polar surface area (TPSA) is 83.3 Å². The van der Waals surface area contributed by atoms with Crippen molar-refractivity contribution in [2.45, 2.75) is 19.8 Å². The first-order valence-corrected chi connectivity index (χ1v) is 11.1. The van der Waals surface area contributed by atoms with E-state index in [9.17, 15) is 13.6 Å². The Morgan fingerprint density at radius 2 is 2.00 bits per heavy atom. The van der Waals surface area contributed by atoms with Gasteiger partial charge in [0, 0.05) is 43.8 Å². The second kappa shape index (κ2) is 9.15. The van der Waals surface area contributed by atoms with Crippen LogP contribution in [0.25, 0.3) is 10.2 Å². The Balaban J connectivity index is 1.39. The Labute approximate surface area is 183 Å². The van der Waals surface area contributed by atoms with Crippen molar-refractivity contribution in [2.75, 3.05) is 43.4 Å². The molecule has 1 aromatic carbocycles. The number of benzene rings is 1. The molecular formula is C22H25F2N5OS. The summed E-state index contributed by atoms with van der Waals surface area (Å²) in [5, 5.41) is 6.80. The van der Waals surface area contributed by atoms with Crippen LogP contribution in [0, 0.1) is 6.92 Å². The van der Waals surface area contributed by atoms with Crippen LogP contribution in [0.15, 0.2) is 30.3 Å². The molecule has 1 aliphatic rings. The van der Waals surface area contributed by atoms with Crippen LogP contribution in [0.2, 0.25) is 0 Å². The number of fused-ring (bicyclic) bond motifs is 1. The van der Waals surface area contributed by atoms with Crippen molar-refractivity contribution in [3.63, 3.8) is 0 Å². The Kier molecular flexibility index (Phi) is 6.33. The Bertz CT molecular complexity index is 1080. The van der Waals surface area contributed by atoms with E-state index in [1.54, 1.807) is 6.92 Å². The predicted molar refractivity (Wildman–Crippen MR) is 121 cm³/mol. The summed E-state index contributed by atoms with van der Waals surface area (Å²) >= 11 is 1.05. The second-order valence-electron chi connectivity index (χ2n) is 7.60. The number of pyridine rings is 1. The number of piperazine rings is 1. The molecule has 0 aliphatic carbocycles. The number of thiophene rings is 1. The molecule has 1 saturated heterocycles. The fraction of sp³-hybridized carbons (Fsp3) is 0.364. The largest absolute Gasteiger partial charge is 0.397 e. The molecule has 0 saturated carbocycles. The van der Waals surface area contributed by atoms with Gasteiger partial charge in [-0.1, -0.05) is 12.1 Å². The summed E-state index contributed by atoms with van der Waals surface area (Å²) in [6.07, 6.45) is -1.98. The highest BCUT2D eigenvalue weighted by Gasteiger charge is 2.21. The molecule has 0 atom stereocenters. The van der Waals surface area contributed by atoms with Crippen molar-refractivity contribution in [1.82, 2.24) is 15.6 Å². The van der Waals surface area contributed by atoms with E-state index in [0.717, 1.165) is 43.1 Å². The molecule has 0 unspecified atom stereocenters. The van der Waals surface area contributed by atoms with E-state index in [4.69, 9.17) is 5.73 Å². The zero-order valence-electron chi connectivity index (χ0n) is 17.3. The predicted octanol–water partition coefficient (Wildman–Crippen LogP) is 3.51. The molecule has 1 fully saturated rings. The van der Waals surface area contributed by atoms with Gasteiger partial charge in [-0.25, -0.2) is 13.8 Å². The zero-order chi connectivity index (χ0) is 22.0. The maximum absolute atomic E-state index is 13.0. The molecule has 0 spiro atoms. The number of nitrogen functional groups attached to an aromatic ring is 1. The minimum absolute atomic E-state index is 0.295. The lowest BCUT2D eigenvalue weighted by molar-refractivity contribution is 0.0959. The molecule has 3 heterocycles. The van der Waals surface area contributed by atoms with E-state index in [0.29, 0.717) is 39.3 Å². The number of alkyl halides is 2. The molecule has 0 bridgehead atoms. The third kappa shape index (κ3) is 4.62. The molecule has 3 aromatic rings. The lowest BCUT2D eigenvalue weighted by Crippen LogP contribution is -2.43. The van der Waals surface area contributed by atoms with E-state index in [2.05, 4.69) is 44.8 Å². The summed E-state index contributed by atoms with van der Waals surface area (Å²) in [5.74, 6) is -0.309. The highest BCUT2D eigenvalue weighted by Crippen LogP contribution is 2.36. The number of nitrogens with two attached hydrogens (primary N) is 1. The smallest absolute Gasteiger partial charge is 0.280 e. The van der Waals surface area contributed by atoms with E-state index in [1.807, 2.05) is 0 Å². The first-order valence-electron chi connectivity index (χ1n) is 10.2. The molecule has 31 heavy (non-hydrogen) atoms. The molecule has 2 aromatic heterocycles. The molecular weight excluding hydrogens is 420 g/mol. The van der Waals surface area contributed by atoms with Gasteiger partial charge in [0.2, 0.25) is 0 Å². The van der Waals surface area contributed by atoms with E-state index in [-0.39, 0.29) is 11.6 Å². The maximum atomic E-state index is 13.0. The van der Waals surface area contributed by atoms with Gasteiger partial charge in [-0.2, -0.15) is 0 Å². The number of nitrogens with zero attached hydrogens (tertiary/aromatic N) is 2. The first-order chi connectivity index (χ1) is 14.9. The Morgan fingerprint density at radius 3 is 2.68 bits per heavy atom. The van der Waals surface area contributed by atoms with Crippen LogP contribution >= 0.6 is 11.3 Å². The quantitative estimate of drug-likeness (QED) is 0.541. The number of anilines is 2. The van der Waals surface area contributed by atoms with E-state index < -0.39 is 6.43 Å². The first kappa shape index (κ1) is 21.5. The van der Waals surface area contributed by atoms with Gasteiger partial charge in [0.1, 0.15) is 15.4 Å². The van der Waals surface area contributed by atoms with E-state index >= 15 is 0 Å². The van der Waals surface area contributed by atoms with Crippen LogP contribution in [0.1, 0.15) is 32.9 Å². The lowest BCUT2D eigenvalue weighted by Gasteiger charge is -2.29. The molecule has 164 valence electrons. The zero-order valence-corrected chi connectivity index (χ0v) is 18.1. The van der Waals surface area contributed by atoms with Gasteiger partial charge >= 0.3 is 0 Å². The number of hydrogen-bond donors (Lipinski definition) is 3. The third-order valence-electron chi connectivity index (χ3n) is 5.46. The van der Waals surface area contributed by atoms with Crippen LogP contribution in [-0.2, 0) is 6.42 Å². The molecule has 9 heteroatoms. The van der Waals surface area contributed by atoms with Crippen molar-refractivity contribution in [3.8, 4) is 0 Å². The molecule has 1 amide bonds. The van der Waals surface area contributed by atoms with Crippen LogP contribution in [0.5, 0.6) is 0 Å². The highest BCUT2D eigenvalue weighted by molar-refractivity contribution is 7.21. The number of rotatable bonds is 6. The standard InChI is InChI=1S/C22H25F2N5OS/c1-13-12-16(20(23)24)28-22-17(13)18(25)19(31-22)21(30)27-7-6-14-2-4-15(5-3-14)29-10-8-26-9-11-29/h2-5,12,20,26H,6-11,25H2,1H3,(H,27,30). The molecule has 6 nitrogen and oxygen atoms in total. The van der Waals surface area contributed by atoms with Crippen molar-refractivity contribution in [2.24, 2.45) is 0 Å². The summed E-state index contributed by atoms with van der Waals surface area (Å²) in [7, 11) is 0. The number of nitrogens with one attached hydrogen (secondary N) is 2. The number of aryl methyl sites for hydroxylation is 1. The van der Waals surface area contributed by atoms with Crippen molar-refractivity contribution in [3.05, 3.63) is 52.0 Å². The molecule has 1 aliphatic heterocycles. The maximum Gasteiger partial charge on any atom is 0.280 e. The molecule has 0 radical (unpaired) electrons. The van der Waals surface area contributed by atoms with Crippen LogP contribution in [-0.4, -0.2) is 43.6 Å². The Morgan fingerprint density at radius 1 is 1.29 bits per heavy atom. The normalized spacial score (nSPS) is 14.4. The minimum atomic E-state index is -2.67.